The van der Waals surface area contributed by atoms with Crippen LogP contribution in [0.4, 0.5) is 0 Å². The summed E-state index contributed by atoms with van der Waals surface area (Å²) in [5.74, 6) is 0.761. The number of hydrogen-bond acceptors (Lipinski definition) is 6. The average molecular weight is 609 g/mol. The van der Waals surface area contributed by atoms with E-state index >= 15 is 0 Å². The number of amides is 1. The van der Waals surface area contributed by atoms with E-state index in [2.05, 4.69) is 35.4 Å². The molecule has 236 valence electrons. The van der Waals surface area contributed by atoms with Crippen molar-refractivity contribution in [2.75, 3.05) is 6.54 Å². The van der Waals surface area contributed by atoms with Gasteiger partial charge in [-0.1, -0.05) is 55.5 Å². The fraction of sp³-hybridized carbons (Fsp3) is 0.378. The molecule has 2 aromatic carbocycles. The van der Waals surface area contributed by atoms with Gasteiger partial charge in [0, 0.05) is 26.0 Å². The third-order valence-electron chi connectivity index (χ3n) is 8.93. The summed E-state index contributed by atoms with van der Waals surface area (Å²) in [7, 11) is 1.59. The maximum Gasteiger partial charge on any atom is 0.259 e. The first-order chi connectivity index (χ1) is 21.8. The molecule has 1 aliphatic carbocycles. The van der Waals surface area contributed by atoms with Crippen LogP contribution in [-0.4, -0.2) is 44.9 Å². The number of carbonyl (C=O) groups excluding carboxylic acids is 1. The number of hydrogen-bond donors (Lipinski definition) is 3. The van der Waals surface area contributed by atoms with E-state index in [-0.39, 0.29) is 17.7 Å². The maximum atomic E-state index is 12.9. The van der Waals surface area contributed by atoms with Crippen molar-refractivity contribution in [2.24, 2.45) is 12.8 Å². The number of ether oxygens (including phenoxy) is 1. The Bertz CT molecular complexity index is 1630. The summed E-state index contributed by atoms with van der Waals surface area (Å²) >= 11 is 0. The third-order valence-corrected chi connectivity index (χ3v) is 8.93. The third kappa shape index (κ3) is 7.88. The summed E-state index contributed by atoms with van der Waals surface area (Å²) in [4.78, 5) is 29.6. The van der Waals surface area contributed by atoms with Crippen LogP contribution in [0.1, 0.15) is 66.1 Å². The highest BCUT2D eigenvalue weighted by Gasteiger charge is 2.38. The lowest BCUT2D eigenvalue weighted by Crippen LogP contribution is -2.48. The molecular weight excluding hydrogens is 564 g/mol. The summed E-state index contributed by atoms with van der Waals surface area (Å²) in [5.41, 5.74) is 10.6. The van der Waals surface area contributed by atoms with Gasteiger partial charge in [-0.2, -0.15) is 0 Å². The van der Waals surface area contributed by atoms with E-state index in [0.29, 0.717) is 23.2 Å². The van der Waals surface area contributed by atoms with Crippen molar-refractivity contribution < 1.29 is 14.6 Å². The molecule has 4 aromatic rings. The van der Waals surface area contributed by atoms with Crippen molar-refractivity contribution >= 4 is 5.91 Å². The molecule has 1 saturated carbocycles. The van der Waals surface area contributed by atoms with Gasteiger partial charge in [-0.3, -0.25) is 14.6 Å². The van der Waals surface area contributed by atoms with Crippen LogP contribution in [0.2, 0.25) is 0 Å². The molecule has 2 unspecified atom stereocenters. The molecule has 1 aliphatic heterocycles. The second kappa shape index (κ2) is 14.7. The van der Waals surface area contributed by atoms with Gasteiger partial charge in [0.2, 0.25) is 0 Å². The normalized spacial score (nSPS) is 16.1. The minimum Gasteiger partial charge on any atom is -0.487 e. The summed E-state index contributed by atoms with van der Waals surface area (Å²) in [6, 6.07) is 22.5. The Balaban J connectivity index is 0.000000209. The fourth-order valence-corrected chi connectivity index (χ4v) is 6.27. The quantitative estimate of drug-likeness (QED) is 0.259. The number of rotatable bonds is 8. The molecule has 2 atom stereocenters. The molecule has 8 nitrogen and oxygen atoms in total. The monoisotopic (exact) mass is 608 g/mol. The minimum absolute atomic E-state index is 0.0181. The van der Waals surface area contributed by atoms with E-state index < -0.39 is 18.1 Å². The molecule has 6 rings (SSSR count). The molecule has 4 N–H and O–H groups in total. The number of aliphatic hydroxyl groups is 1. The molecule has 2 aliphatic rings. The Morgan fingerprint density at radius 3 is 2.49 bits per heavy atom. The first kappa shape index (κ1) is 32.1. The van der Waals surface area contributed by atoms with Gasteiger partial charge in [0.1, 0.15) is 11.4 Å². The number of nitrogens with one attached hydrogen (secondary N) is 1. The van der Waals surface area contributed by atoms with Gasteiger partial charge in [0.25, 0.3) is 11.5 Å². The SMILES string of the molecule is CCc1ccc2c(c1)CCC1(CCCC1)O2.Cn1cc(C(=O)NC(Cc2ccccc2)C(O)CN)cc(-c2ccccn2)c1=O. The van der Waals surface area contributed by atoms with E-state index in [1.54, 1.807) is 31.4 Å². The van der Waals surface area contributed by atoms with Gasteiger partial charge in [0.15, 0.2) is 0 Å². The van der Waals surface area contributed by atoms with Crippen LogP contribution in [-0.2, 0) is 26.3 Å². The van der Waals surface area contributed by atoms with Crippen LogP contribution in [0.3, 0.4) is 0 Å². The summed E-state index contributed by atoms with van der Waals surface area (Å²) in [5, 5.41) is 13.2. The zero-order valence-corrected chi connectivity index (χ0v) is 26.2. The highest BCUT2D eigenvalue weighted by molar-refractivity contribution is 5.95. The van der Waals surface area contributed by atoms with E-state index in [1.807, 2.05) is 30.3 Å². The Morgan fingerprint density at radius 1 is 1.04 bits per heavy atom. The van der Waals surface area contributed by atoms with Crippen LogP contribution in [0.25, 0.3) is 11.3 Å². The number of aliphatic hydroxyl groups excluding tert-OH is 1. The first-order valence-corrected chi connectivity index (χ1v) is 16.0. The first-order valence-electron chi connectivity index (χ1n) is 16.0. The number of nitrogens with two attached hydrogens (primary N) is 1. The average Bonchev–Trinajstić information content (AvgIpc) is 3.53. The van der Waals surface area contributed by atoms with Crippen LogP contribution >= 0.6 is 0 Å². The second-order valence-corrected chi connectivity index (χ2v) is 12.1. The van der Waals surface area contributed by atoms with E-state index in [4.69, 9.17) is 10.5 Å². The molecule has 0 radical (unpaired) electrons. The van der Waals surface area contributed by atoms with Gasteiger partial charge in [-0.15, -0.1) is 0 Å². The lowest BCUT2D eigenvalue weighted by molar-refractivity contribution is 0.0533. The molecule has 1 amide bonds. The Labute approximate surface area is 265 Å². The smallest absolute Gasteiger partial charge is 0.259 e. The molecular formula is C37H44N4O4. The lowest BCUT2D eigenvalue weighted by atomic mass is 9.89. The highest BCUT2D eigenvalue weighted by Crippen LogP contribution is 2.43. The number of nitrogens with zero attached hydrogens (tertiary/aromatic N) is 2. The largest absolute Gasteiger partial charge is 0.487 e. The van der Waals surface area contributed by atoms with Crippen LogP contribution in [0.5, 0.6) is 5.75 Å². The van der Waals surface area contributed by atoms with Crippen LogP contribution < -0.4 is 21.3 Å². The van der Waals surface area contributed by atoms with Crippen LogP contribution in [0, 0.1) is 0 Å². The summed E-state index contributed by atoms with van der Waals surface area (Å²) in [6.45, 7) is 2.23. The Hall–Kier alpha value is -4.27. The number of carbonyl (C=O) groups is 1. The second-order valence-electron chi connectivity index (χ2n) is 12.1. The predicted octanol–water partition coefficient (Wildman–Crippen LogP) is 4.99. The highest BCUT2D eigenvalue weighted by atomic mass is 16.5. The molecule has 45 heavy (non-hydrogen) atoms. The molecule has 3 heterocycles. The number of benzene rings is 2. The van der Waals surface area contributed by atoms with Crippen molar-refractivity contribution in [3.63, 3.8) is 0 Å². The molecule has 0 bridgehead atoms. The van der Waals surface area contributed by atoms with Crippen LogP contribution in [0.15, 0.2) is 90.0 Å². The standard InChI is InChI=1S/C22H24N4O3.C15H20O/c1-26-14-16(12-17(22(26)29)18-9-5-6-10-24-18)21(28)25-19(20(27)13-23)11-15-7-3-2-4-8-15;1-2-12-5-6-14-13(11-12)7-10-15(16-14)8-3-4-9-15/h2-10,12,14,19-20,27H,11,13,23H2,1H3,(H,25,28);5-6,11H,2-4,7-10H2,1H3. The predicted molar refractivity (Wildman–Crippen MR) is 177 cm³/mol. The van der Waals surface area contributed by atoms with Crippen molar-refractivity contribution in [3.05, 3.63) is 118 Å². The van der Waals surface area contributed by atoms with Gasteiger partial charge >= 0.3 is 0 Å². The lowest BCUT2D eigenvalue weighted by Gasteiger charge is -2.35. The topological polar surface area (TPSA) is 119 Å². The Kier molecular flexibility index (Phi) is 10.5. The van der Waals surface area contributed by atoms with E-state index in [1.165, 1.54) is 66.5 Å². The summed E-state index contributed by atoms with van der Waals surface area (Å²) < 4.78 is 7.63. The number of pyridine rings is 2. The van der Waals surface area contributed by atoms with Gasteiger partial charge in [-0.05, 0) is 92.3 Å². The number of aromatic nitrogens is 2. The minimum atomic E-state index is -0.901. The Morgan fingerprint density at radius 2 is 1.80 bits per heavy atom. The zero-order chi connectivity index (χ0) is 31.8. The molecule has 1 fully saturated rings. The van der Waals surface area contributed by atoms with Gasteiger partial charge < -0.3 is 25.5 Å². The maximum absolute atomic E-state index is 12.9. The molecule has 8 heteroatoms. The van der Waals surface area contributed by atoms with Gasteiger partial charge in [-0.25, -0.2) is 0 Å². The van der Waals surface area contributed by atoms with Crippen molar-refractivity contribution in [1.29, 1.82) is 0 Å². The zero-order valence-electron chi connectivity index (χ0n) is 26.2. The van der Waals surface area contributed by atoms with Crippen molar-refractivity contribution in [1.82, 2.24) is 14.9 Å². The van der Waals surface area contributed by atoms with Crippen molar-refractivity contribution in [3.8, 4) is 17.0 Å². The van der Waals surface area contributed by atoms with E-state index in [9.17, 15) is 14.7 Å². The molecule has 0 saturated heterocycles. The molecule has 1 spiro atoms. The van der Waals surface area contributed by atoms with E-state index in [0.717, 1.165) is 17.7 Å². The molecule has 2 aromatic heterocycles. The van der Waals surface area contributed by atoms with Gasteiger partial charge in [0.05, 0.1) is 29.0 Å². The fourth-order valence-electron chi connectivity index (χ4n) is 6.27. The van der Waals surface area contributed by atoms with Crippen molar-refractivity contribution in [2.45, 2.75) is 76.0 Å². The summed E-state index contributed by atoms with van der Waals surface area (Å²) in [6.07, 6.45) is 11.4. The number of fused-ring (bicyclic) bond motifs is 1. The number of aryl methyl sites for hydroxylation is 3.